The molecule has 7 heteroatoms. The van der Waals surface area contributed by atoms with E-state index in [1.807, 2.05) is 45.0 Å². The number of carbonyl (C=O) groups is 2. The van der Waals surface area contributed by atoms with Gasteiger partial charge in [0.25, 0.3) is 0 Å². The van der Waals surface area contributed by atoms with Gasteiger partial charge in [-0.1, -0.05) is 80.4 Å². The number of hydrogen-bond donors (Lipinski definition) is 1. The van der Waals surface area contributed by atoms with Crippen LogP contribution in [0.3, 0.4) is 0 Å². The summed E-state index contributed by atoms with van der Waals surface area (Å²) in [7, 11) is 0. The topological polar surface area (TPSA) is 49.4 Å². The molecule has 2 aromatic rings. The van der Waals surface area contributed by atoms with Gasteiger partial charge in [0.05, 0.1) is 10.0 Å². The Morgan fingerprint density at radius 1 is 1.03 bits per heavy atom. The quantitative estimate of drug-likeness (QED) is 0.357. The van der Waals surface area contributed by atoms with Crippen LogP contribution in [0.15, 0.2) is 48.5 Å². The lowest BCUT2D eigenvalue weighted by Crippen LogP contribution is -2.49. The maximum absolute atomic E-state index is 13.2. The highest BCUT2D eigenvalue weighted by atomic mass is 35.5. The van der Waals surface area contributed by atoms with Crippen LogP contribution in [0.25, 0.3) is 0 Å². The van der Waals surface area contributed by atoms with Crippen LogP contribution in [0.1, 0.15) is 44.7 Å². The molecule has 2 amide bonds. The van der Waals surface area contributed by atoms with E-state index in [2.05, 4.69) is 17.4 Å². The summed E-state index contributed by atoms with van der Waals surface area (Å²) in [5.74, 6) is 1.72. The number of hydrogen-bond acceptors (Lipinski definition) is 3. The van der Waals surface area contributed by atoms with Gasteiger partial charge >= 0.3 is 0 Å². The molecule has 2 rings (SSSR count). The number of nitrogens with one attached hydrogen (secondary N) is 1. The van der Waals surface area contributed by atoms with Crippen LogP contribution in [0.2, 0.25) is 10.0 Å². The normalized spacial score (nSPS) is 11.9. The van der Waals surface area contributed by atoms with Gasteiger partial charge in [0.1, 0.15) is 6.04 Å². The molecule has 2 aromatic carbocycles. The van der Waals surface area contributed by atoms with Crippen LogP contribution >= 0.6 is 35.0 Å². The van der Waals surface area contributed by atoms with Crippen LogP contribution in [-0.4, -0.2) is 35.1 Å². The highest BCUT2D eigenvalue weighted by molar-refractivity contribution is 7.98. The van der Waals surface area contributed by atoms with Gasteiger partial charge < -0.3 is 10.2 Å². The Morgan fingerprint density at radius 3 is 2.38 bits per heavy atom. The molecule has 0 saturated heterocycles. The first-order chi connectivity index (χ1) is 15.3. The van der Waals surface area contributed by atoms with E-state index in [1.165, 1.54) is 5.56 Å². The Hall–Kier alpha value is -1.69. The summed E-state index contributed by atoms with van der Waals surface area (Å²) < 4.78 is 0. The summed E-state index contributed by atoms with van der Waals surface area (Å²) >= 11 is 13.9. The molecule has 0 aromatic heterocycles. The van der Waals surface area contributed by atoms with Crippen molar-refractivity contribution >= 4 is 46.8 Å². The zero-order chi connectivity index (χ0) is 23.5. The zero-order valence-corrected chi connectivity index (χ0v) is 21.3. The van der Waals surface area contributed by atoms with Crippen molar-refractivity contribution in [3.63, 3.8) is 0 Å². The van der Waals surface area contributed by atoms with E-state index < -0.39 is 6.04 Å². The molecule has 0 aliphatic heterocycles. The van der Waals surface area contributed by atoms with E-state index in [9.17, 15) is 9.59 Å². The Labute approximate surface area is 206 Å². The van der Waals surface area contributed by atoms with Crippen LogP contribution in [0, 0.1) is 5.92 Å². The predicted molar refractivity (Wildman–Crippen MR) is 136 cm³/mol. The summed E-state index contributed by atoms with van der Waals surface area (Å²) in [5.41, 5.74) is 2.08. The second-order valence-corrected chi connectivity index (χ2v) is 10.0. The molecule has 0 bridgehead atoms. The van der Waals surface area contributed by atoms with E-state index in [0.717, 1.165) is 11.3 Å². The SMILES string of the molecule is CCC(C(=O)NCC(C)C)N(Cc1ccc(Cl)c(Cl)c1)C(=O)CCSCc1ccccc1. The monoisotopic (exact) mass is 494 g/mol. The van der Waals surface area contributed by atoms with Crippen molar-refractivity contribution in [2.75, 3.05) is 12.3 Å². The molecule has 0 saturated carbocycles. The molecule has 1 atom stereocenters. The molecule has 0 aliphatic carbocycles. The summed E-state index contributed by atoms with van der Waals surface area (Å²) in [5, 5.41) is 3.88. The first-order valence-corrected chi connectivity index (χ1v) is 12.9. The maximum Gasteiger partial charge on any atom is 0.242 e. The Balaban J connectivity index is 2.09. The number of rotatable bonds is 12. The summed E-state index contributed by atoms with van der Waals surface area (Å²) in [6.07, 6.45) is 0.904. The molecule has 0 radical (unpaired) electrons. The van der Waals surface area contributed by atoms with E-state index in [-0.39, 0.29) is 11.8 Å². The second-order valence-electron chi connectivity index (χ2n) is 8.12. The van der Waals surface area contributed by atoms with Gasteiger partial charge in [-0.2, -0.15) is 11.8 Å². The van der Waals surface area contributed by atoms with Gasteiger partial charge in [-0.25, -0.2) is 0 Å². The molecular formula is C25H32Cl2N2O2S. The van der Waals surface area contributed by atoms with Crippen molar-refractivity contribution in [2.45, 2.75) is 52.0 Å². The highest BCUT2D eigenvalue weighted by Crippen LogP contribution is 2.24. The van der Waals surface area contributed by atoms with Gasteiger partial charge in [0.2, 0.25) is 11.8 Å². The largest absolute Gasteiger partial charge is 0.354 e. The molecule has 0 aliphatic rings. The molecule has 1 unspecified atom stereocenters. The predicted octanol–water partition coefficient (Wildman–Crippen LogP) is 6.20. The first-order valence-electron chi connectivity index (χ1n) is 10.9. The lowest BCUT2D eigenvalue weighted by molar-refractivity contribution is -0.141. The molecule has 0 heterocycles. The second kappa shape index (κ2) is 13.8. The average Bonchev–Trinajstić information content (AvgIpc) is 2.78. The third-order valence-electron chi connectivity index (χ3n) is 4.98. The van der Waals surface area contributed by atoms with Gasteiger partial charge in [0, 0.05) is 31.0 Å². The smallest absolute Gasteiger partial charge is 0.242 e. The fraction of sp³-hybridized carbons (Fsp3) is 0.440. The molecule has 0 fully saturated rings. The lowest BCUT2D eigenvalue weighted by Gasteiger charge is -2.31. The minimum absolute atomic E-state index is 0.0387. The molecule has 4 nitrogen and oxygen atoms in total. The van der Waals surface area contributed by atoms with E-state index in [4.69, 9.17) is 23.2 Å². The van der Waals surface area contributed by atoms with E-state index in [0.29, 0.717) is 47.6 Å². The first kappa shape index (κ1) is 26.6. The number of thioether (sulfide) groups is 1. The number of halogens is 2. The van der Waals surface area contributed by atoms with E-state index in [1.54, 1.807) is 28.8 Å². The summed E-state index contributed by atoms with van der Waals surface area (Å²) in [4.78, 5) is 27.8. The van der Waals surface area contributed by atoms with Crippen molar-refractivity contribution in [2.24, 2.45) is 5.92 Å². The zero-order valence-electron chi connectivity index (χ0n) is 18.9. The number of carbonyl (C=O) groups excluding carboxylic acids is 2. The average molecular weight is 496 g/mol. The van der Waals surface area contributed by atoms with Crippen molar-refractivity contribution in [3.8, 4) is 0 Å². The van der Waals surface area contributed by atoms with Crippen molar-refractivity contribution < 1.29 is 9.59 Å². The van der Waals surface area contributed by atoms with E-state index >= 15 is 0 Å². The van der Waals surface area contributed by atoms with Crippen molar-refractivity contribution in [1.82, 2.24) is 10.2 Å². The van der Waals surface area contributed by atoms with Gasteiger partial charge in [-0.3, -0.25) is 9.59 Å². The van der Waals surface area contributed by atoms with Crippen molar-refractivity contribution in [1.29, 1.82) is 0 Å². The fourth-order valence-corrected chi connectivity index (χ4v) is 4.46. The van der Waals surface area contributed by atoms with Gasteiger partial charge in [0.15, 0.2) is 0 Å². The third-order valence-corrected chi connectivity index (χ3v) is 6.75. The van der Waals surface area contributed by atoms with Crippen LogP contribution < -0.4 is 5.32 Å². The summed E-state index contributed by atoms with van der Waals surface area (Å²) in [6.45, 7) is 6.91. The Morgan fingerprint density at radius 2 is 1.75 bits per heavy atom. The van der Waals surface area contributed by atoms with Gasteiger partial charge in [-0.05, 0) is 35.6 Å². The third kappa shape index (κ3) is 8.68. The Kier molecular flexibility index (Phi) is 11.4. The molecule has 0 spiro atoms. The van der Waals surface area contributed by atoms with Crippen molar-refractivity contribution in [3.05, 3.63) is 69.7 Å². The molecule has 174 valence electrons. The van der Waals surface area contributed by atoms with Crippen LogP contribution in [0.4, 0.5) is 0 Å². The minimum atomic E-state index is -0.533. The lowest BCUT2D eigenvalue weighted by atomic mass is 10.1. The minimum Gasteiger partial charge on any atom is -0.354 e. The molecular weight excluding hydrogens is 463 g/mol. The molecule has 32 heavy (non-hydrogen) atoms. The summed E-state index contributed by atoms with van der Waals surface area (Å²) in [6, 6.07) is 15.0. The Bertz CT molecular complexity index is 878. The van der Waals surface area contributed by atoms with Crippen LogP contribution in [-0.2, 0) is 21.9 Å². The number of benzene rings is 2. The number of nitrogens with zero attached hydrogens (tertiary/aromatic N) is 1. The van der Waals surface area contributed by atoms with Crippen LogP contribution in [0.5, 0.6) is 0 Å². The molecule has 1 N–H and O–H groups in total. The van der Waals surface area contributed by atoms with Gasteiger partial charge in [-0.15, -0.1) is 0 Å². The fourth-order valence-electron chi connectivity index (χ4n) is 3.24. The highest BCUT2D eigenvalue weighted by Gasteiger charge is 2.28. The standard InChI is InChI=1S/C25H32Cl2N2O2S/c1-4-23(25(31)28-15-18(2)3)29(16-20-10-11-21(26)22(27)14-20)24(30)12-13-32-17-19-8-6-5-7-9-19/h5-11,14,18,23H,4,12-13,15-17H2,1-3H3,(H,28,31). The maximum atomic E-state index is 13.2. The number of amides is 2.